The van der Waals surface area contributed by atoms with Crippen molar-refractivity contribution in [3.8, 4) is 0 Å². The van der Waals surface area contributed by atoms with E-state index in [1.807, 2.05) is 6.92 Å². The van der Waals surface area contributed by atoms with Gasteiger partial charge in [-0.1, -0.05) is 6.92 Å². The van der Waals surface area contributed by atoms with Crippen molar-refractivity contribution in [2.75, 3.05) is 0 Å². The lowest BCUT2D eigenvalue weighted by molar-refractivity contribution is -0.0967. The van der Waals surface area contributed by atoms with Crippen LogP contribution in [0, 0.1) is 5.92 Å². The molecule has 3 heteroatoms. The first-order valence-corrected chi connectivity index (χ1v) is 4.22. The van der Waals surface area contributed by atoms with Gasteiger partial charge in [-0.05, 0) is 18.8 Å². The summed E-state index contributed by atoms with van der Waals surface area (Å²) in [5.74, 6) is 0.314. The molecule has 1 saturated carbocycles. The fourth-order valence-electron chi connectivity index (χ4n) is 1.61. The Labute approximate surface area is 71.5 Å². The third kappa shape index (κ3) is 0.932. The minimum Gasteiger partial charge on any atom is -0.383 e. The first-order chi connectivity index (χ1) is 5.73. The highest BCUT2D eigenvalue weighted by Gasteiger charge is 2.44. The van der Waals surface area contributed by atoms with Crippen molar-refractivity contribution >= 4 is 0 Å². The Kier molecular flexibility index (Phi) is 1.61. The van der Waals surface area contributed by atoms with E-state index < -0.39 is 5.60 Å². The summed E-state index contributed by atoms with van der Waals surface area (Å²) in [6.07, 6.45) is 6.78. The molecule has 3 nitrogen and oxygen atoms in total. The van der Waals surface area contributed by atoms with Gasteiger partial charge in [-0.2, -0.15) is 0 Å². The fraction of sp³-hybridized carbons (Fsp3) is 0.556. The van der Waals surface area contributed by atoms with E-state index >= 15 is 0 Å². The zero-order valence-corrected chi connectivity index (χ0v) is 7.07. The van der Waals surface area contributed by atoms with E-state index in [1.54, 1.807) is 18.6 Å². The quantitative estimate of drug-likeness (QED) is 0.676. The number of aliphatic hydroxyl groups is 1. The predicted octanol–water partition coefficient (Wildman–Crippen LogP) is 1.09. The summed E-state index contributed by atoms with van der Waals surface area (Å²) >= 11 is 0. The number of hydrogen-bond donors (Lipinski definition) is 1. The van der Waals surface area contributed by atoms with Crippen LogP contribution in [-0.4, -0.2) is 15.1 Å². The lowest BCUT2D eigenvalue weighted by Crippen LogP contribution is -2.43. The topological polar surface area (TPSA) is 46.0 Å². The minimum absolute atomic E-state index is 0.314. The van der Waals surface area contributed by atoms with Crippen LogP contribution >= 0.6 is 0 Å². The molecule has 2 rings (SSSR count). The smallest absolute Gasteiger partial charge is 0.111 e. The van der Waals surface area contributed by atoms with E-state index in [4.69, 9.17) is 0 Å². The minimum atomic E-state index is -0.700. The average Bonchev–Trinajstić information content (AvgIpc) is 2.16. The summed E-state index contributed by atoms with van der Waals surface area (Å²) in [7, 11) is 0. The van der Waals surface area contributed by atoms with Gasteiger partial charge in [-0.25, -0.2) is 0 Å². The largest absolute Gasteiger partial charge is 0.383 e. The van der Waals surface area contributed by atoms with Crippen LogP contribution in [0.15, 0.2) is 18.6 Å². The molecule has 0 amide bonds. The molecule has 64 valence electrons. The predicted molar refractivity (Wildman–Crippen MR) is 44.3 cm³/mol. The van der Waals surface area contributed by atoms with Gasteiger partial charge >= 0.3 is 0 Å². The van der Waals surface area contributed by atoms with E-state index in [1.165, 1.54) is 0 Å². The van der Waals surface area contributed by atoms with Crippen LogP contribution < -0.4 is 0 Å². The summed E-state index contributed by atoms with van der Waals surface area (Å²) in [6.45, 7) is 2.04. The molecule has 1 aromatic rings. The second-order valence-corrected chi connectivity index (χ2v) is 3.45. The van der Waals surface area contributed by atoms with Gasteiger partial charge in [0.15, 0.2) is 0 Å². The first kappa shape index (κ1) is 7.68. The van der Waals surface area contributed by atoms with Crippen LogP contribution in [0.4, 0.5) is 0 Å². The summed E-state index contributed by atoms with van der Waals surface area (Å²) in [6, 6.07) is 0. The molecule has 0 aromatic carbocycles. The van der Waals surface area contributed by atoms with Gasteiger partial charge in [0.1, 0.15) is 5.60 Å². The molecule has 1 aromatic heterocycles. The van der Waals surface area contributed by atoms with Crippen molar-refractivity contribution < 1.29 is 5.11 Å². The molecule has 0 saturated heterocycles. The second-order valence-electron chi connectivity index (χ2n) is 3.45. The lowest BCUT2D eigenvalue weighted by Gasteiger charge is -2.42. The normalized spacial score (nSPS) is 34.3. The Morgan fingerprint density at radius 3 is 2.83 bits per heavy atom. The van der Waals surface area contributed by atoms with Crippen molar-refractivity contribution in [3.05, 3.63) is 24.3 Å². The maximum atomic E-state index is 10.0. The highest BCUT2D eigenvalue weighted by Crippen LogP contribution is 2.44. The average molecular weight is 164 g/mol. The Bertz CT molecular complexity index is 275. The molecule has 1 aliphatic carbocycles. The number of hydrogen-bond acceptors (Lipinski definition) is 3. The van der Waals surface area contributed by atoms with Crippen molar-refractivity contribution in [2.24, 2.45) is 5.92 Å². The third-order valence-corrected chi connectivity index (χ3v) is 2.78. The van der Waals surface area contributed by atoms with Crippen LogP contribution in [-0.2, 0) is 5.60 Å². The Hall–Kier alpha value is -0.960. The highest BCUT2D eigenvalue weighted by molar-refractivity contribution is 5.13. The Morgan fingerprint density at radius 1 is 1.58 bits per heavy atom. The molecule has 2 atom stereocenters. The Balaban J connectivity index is 2.31. The summed E-state index contributed by atoms with van der Waals surface area (Å²) in [5.41, 5.74) is 0.0117. The number of rotatable bonds is 1. The standard InChI is InChI=1S/C9H12N2O/c1-7-2-3-9(7,12)8-6-10-4-5-11-8/h4-7,12H,2-3H2,1H3. The van der Waals surface area contributed by atoms with Crippen LogP contribution in [0.5, 0.6) is 0 Å². The van der Waals surface area contributed by atoms with Gasteiger partial charge in [-0.3, -0.25) is 9.97 Å². The first-order valence-electron chi connectivity index (χ1n) is 4.22. The van der Waals surface area contributed by atoms with E-state index in [2.05, 4.69) is 9.97 Å². The third-order valence-electron chi connectivity index (χ3n) is 2.78. The molecule has 0 aliphatic heterocycles. The van der Waals surface area contributed by atoms with Crippen molar-refractivity contribution in [1.29, 1.82) is 0 Å². The molecule has 12 heavy (non-hydrogen) atoms. The van der Waals surface area contributed by atoms with Crippen molar-refractivity contribution in [2.45, 2.75) is 25.4 Å². The molecular formula is C9H12N2O. The lowest BCUT2D eigenvalue weighted by atomic mass is 9.69. The molecule has 1 heterocycles. The highest BCUT2D eigenvalue weighted by atomic mass is 16.3. The van der Waals surface area contributed by atoms with Gasteiger partial charge < -0.3 is 5.11 Å². The SMILES string of the molecule is CC1CCC1(O)c1cnccn1. The molecular weight excluding hydrogens is 152 g/mol. The number of nitrogens with zero attached hydrogens (tertiary/aromatic N) is 2. The molecule has 0 radical (unpaired) electrons. The van der Waals surface area contributed by atoms with Crippen LogP contribution in [0.1, 0.15) is 25.5 Å². The molecule has 1 N–H and O–H groups in total. The van der Waals surface area contributed by atoms with E-state index in [0.717, 1.165) is 12.8 Å². The number of aromatic nitrogens is 2. The molecule has 1 aliphatic rings. The summed E-state index contributed by atoms with van der Waals surface area (Å²) in [5, 5.41) is 10.0. The van der Waals surface area contributed by atoms with Crippen molar-refractivity contribution in [3.63, 3.8) is 0 Å². The zero-order chi connectivity index (χ0) is 8.60. The fourth-order valence-corrected chi connectivity index (χ4v) is 1.61. The van der Waals surface area contributed by atoms with Crippen LogP contribution in [0.2, 0.25) is 0 Å². The van der Waals surface area contributed by atoms with Crippen LogP contribution in [0.3, 0.4) is 0 Å². The van der Waals surface area contributed by atoms with E-state index in [0.29, 0.717) is 11.6 Å². The molecule has 1 fully saturated rings. The van der Waals surface area contributed by atoms with Gasteiger partial charge in [0.2, 0.25) is 0 Å². The van der Waals surface area contributed by atoms with Gasteiger partial charge in [0.05, 0.1) is 11.9 Å². The summed E-state index contributed by atoms with van der Waals surface area (Å²) < 4.78 is 0. The monoisotopic (exact) mass is 164 g/mol. The van der Waals surface area contributed by atoms with Crippen LogP contribution in [0.25, 0.3) is 0 Å². The van der Waals surface area contributed by atoms with Gasteiger partial charge in [0.25, 0.3) is 0 Å². The maximum absolute atomic E-state index is 10.0. The molecule has 2 unspecified atom stereocenters. The van der Waals surface area contributed by atoms with Gasteiger partial charge in [0, 0.05) is 12.4 Å². The van der Waals surface area contributed by atoms with Crippen molar-refractivity contribution in [1.82, 2.24) is 9.97 Å². The van der Waals surface area contributed by atoms with E-state index in [9.17, 15) is 5.11 Å². The molecule has 0 bridgehead atoms. The second kappa shape index (κ2) is 2.52. The molecule has 0 spiro atoms. The van der Waals surface area contributed by atoms with E-state index in [-0.39, 0.29) is 0 Å². The zero-order valence-electron chi connectivity index (χ0n) is 7.07. The maximum Gasteiger partial charge on any atom is 0.111 e. The van der Waals surface area contributed by atoms with Gasteiger partial charge in [-0.15, -0.1) is 0 Å². The summed E-state index contributed by atoms with van der Waals surface area (Å²) in [4.78, 5) is 8.06. The Morgan fingerprint density at radius 2 is 2.42 bits per heavy atom.